The van der Waals surface area contributed by atoms with Crippen molar-refractivity contribution in [2.24, 2.45) is 7.05 Å². The molecule has 0 saturated carbocycles. The van der Waals surface area contributed by atoms with Gasteiger partial charge in [0.2, 0.25) is 0 Å². The highest BCUT2D eigenvalue weighted by Gasteiger charge is 2.21. The third kappa shape index (κ3) is 3.20. The number of benzene rings is 1. The van der Waals surface area contributed by atoms with E-state index in [1.807, 2.05) is 55.7 Å². The van der Waals surface area contributed by atoms with Crippen LogP contribution in [0.3, 0.4) is 0 Å². The number of nitrogens with zero attached hydrogens (tertiary/aromatic N) is 5. The molecule has 6 nitrogen and oxygen atoms in total. The highest BCUT2D eigenvalue weighted by atomic mass is 32.1. The largest absolute Gasteiger partial charge is 0.280 e. The van der Waals surface area contributed by atoms with E-state index in [4.69, 9.17) is 0 Å². The number of pyridine rings is 1. The number of fused-ring (bicyclic) bond motifs is 1. The Morgan fingerprint density at radius 3 is 2.86 bits per heavy atom. The smallest absolute Gasteiger partial charge is 0.261 e. The van der Waals surface area contributed by atoms with E-state index in [1.54, 1.807) is 21.9 Å². The average Bonchev–Trinajstić information content (AvgIpc) is 3.31. The first-order valence-corrected chi connectivity index (χ1v) is 9.69. The van der Waals surface area contributed by atoms with Crippen molar-refractivity contribution in [2.45, 2.75) is 6.92 Å². The lowest BCUT2D eigenvalue weighted by Crippen LogP contribution is -2.31. The third-order valence-electron chi connectivity index (χ3n) is 4.46. The summed E-state index contributed by atoms with van der Waals surface area (Å²) in [5.74, 6) is -0.161. The number of amides is 1. The van der Waals surface area contributed by atoms with Gasteiger partial charge in [0.25, 0.3) is 5.91 Å². The molecule has 0 fully saturated rings. The van der Waals surface area contributed by atoms with Crippen LogP contribution in [0.5, 0.6) is 0 Å². The Morgan fingerprint density at radius 1 is 1.32 bits per heavy atom. The van der Waals surface area contributed by atoms with Gasteiger partial charge in [-0.25, -0.2) is 9.97 Å². The van der Waals surface area contributed by atoms with Crippen molar-refractivity contribution >= 4 is 33.4 Å². The fourth-order valence-electron chi connectivity index (χ4n) is 3.09. The Labute approximate surface area is 166 Å². The molecular weight excluding hydrogens is 370 g/mol. The SMILES string of the molecule is C=CCN(C(=O)c1cnc2c(c1)c(C)nn2C)c1nc(-c2ccccc2)cs1. The van der Waals surface area contributed by atoms with Crippen LogP contribution in [0.4, 0.5) is 5.13 Å². The van der Waals surface area contributed by atoms with Crippen LogP contribution in [-0.4, -0.2) is 32.2 Å². The zero-order valence-corrected chi connectivity index (χ0v) is 16.5. The molecule has 140 valence electrons. The van der Waals surface area contributed by atoms with Crippen molar-refractivity contribution in [3.63, 3.8) is 0 Å². The molecule has 3 heterocycles. The maximum Gasteiger partial charge on any atom is 0.261 e. The number of carbonyl (C=O) groups excluding carboxylic acids is 1. The molecule has 7 heteroatoms. The minimum absolute atomic E-state index is 0.161. The summed E-state index contributed by atoms with van der Waals surface area (Å²) >= 11 is 1.44. The molecule has 0 aliphatic rings. The van der Waals surface area contributed by atoms with Crippen LogP contribution >= 0.6 is 11.3 Å². The first kappa shape index (κ1) is 18.1. The summed E-state index contributed by atoms with van der Waals surface area (Å²) < 4.78 is 1.72. The molecule has 4 rings (SSSR count). The molecular formula is C21H19N5OS. The zero-order valence-electron chi connectivity index (χ0n) is 15.7. The van der Waals surface area contributed by atoms with Gasteiger partial charge >= 0.3 is 0 Å². The molecule has 1 amide bonds. The van der Waals surface area contributed by atoms with Crippen molar-refractivity contribution in [2.75, 3.05) is 11.4 Å². The van der Waals surface area contributed by atoms with E-state index in [2.05, 4.69) is 21.6 Å². The van der Waals surface area contributed by atoms with Gasteiger partial charge in [0.15, 0.2) is 10.8 Å². The lowest BCUT2D eigenvalue weighted by molar-refractivity contribution is 0.0989. The summed E-state index contributed by atoms with van der Waals surface area (Å²) in [6, 6.07) is 11.8. The van der Waals surface area contributed by atoms with Gasteiger partial charge in [0.1, 0.15) is 0 Å². The Hall–Kier alpha value is -3.32. The Balaban J connectivity index is 1.70. The molecule has 0 radical (unpaired) electrons. The maximum atomic E-state index is 13.2. The number of thiazole rings is 1. The molecule has 0 aliphatic heterocycles. The van der Waals surface area contributed by atoms with E-state index in [1.165, 1.54) is 11.3 Å². The third-order valence-corrected chi connectivity index (χ3v) is 5.32. The number of aryl methyl sites for hydroxylation is 2. The van der Waals surface area contributed by atoms with E-state index < -0.39 is 0 Å². The maximum absolute atomic E-state index is 13.2. The van der Waals surface area contributed by atoms with Crippen molar-refractivity contribution in [3.8, 4) is 11.3 Å². The predicted octanol–water partition coefficient (Wildman–Crippen LogP) is 4.23. The van der Waals surface area contributed by atoms with Gasteiger partial charge in [-0.3, -0.25) is 14.4 Å². The van der Waals surface area contributed by atoms with Crippen LogP contribution in [0, 0.1) is 6.92 Å². The Kier molecular flexibility index (Phi) is 4.75. The molecule has 28 heavy (non-hydrogen) atoms. The second-order valence-corrected chi connectivity index (χ2v) is 7.23. The summed E-state index contributed by atoms with van der Waals surface area (Å²) in [5, 5.41) is 7.83. The van der Waals surface area contributed by atoms with Crippen LogP contribution in [0.25, 0.3) is 22.3 Å². The standard InChI is InChI=1S/C21H19N5OS/c1-4-10-26(21-23-18(13-28-21)15-8-6-5-7-9-15)20(27)16-11-17-14(2)24-25(3)19(17)22-12-16/h4-9,11-13H,1,10H2,2-3H3. The number of hydrogen-bond donors (Lipinski definition) is 0. The zero-order chi connectivity index (χ0) is 19.7. The van der Waals surface area contributed by atoms with Crippen molar-refractivity contribution in [3.05, 3.63) is 71.9 Å². The van der Waals surface area contributed by atoms with Gasteiger partial charge in [0.05, 0.1) is 17.0 Å². The fourth-order valence-corrected chi connectivity index (χ4v) is 3.93. The van der Waals surface area contributed by atoms with Gasteiger partial charge in [-0.15, -0.1) is 17.9 Å². The van der Waals surface area contributed by atoms with E-state index in [-0.39, 0.29) is 5.91 Å². The average molecular weight is 389 g/mol. The number of rotatable bonds is 5. The number of hydrogen-bond acceptors (Lipinski definition) is 5. The monoisotopic (exact) mass is 389 g/mol. The molecule has 3 aromatic heterocycles. The van der Waals surface area contributed by atoms with Crippen molar-refractivity contribution in [1.82, 2.24) is 19.7 Å². The highest BCUT2D eigenvalue weighted by Crippen LogP contribution is 2.28. The molecule has 1 aromatic carbocycles. The Bertz CT molecular complexity index is 1160. The van der Waals surface area contributed by atoms with Gasteiger partial charge in [-0.05, 0) is 13.0 Å². The normalized spacial score (nSPS) is 10.9. The van der Waals surface area contributed by atoms with Crippen molar-refractivity contribution in [1.29, 1.82) is 0 Å². The Morgan fingerprint density at radius 2 is 2.11 bits per heavy atom. The topological polar surface area (TPSA) is 63.9 Å². The van der Waals surface area contributed by atoms with Crippen LogP contribution < -0.4 is 4.90 Å². The molecule has 0 bridgehead atoms. The van der Waals surface area contributed by atoms with Crippen LogP contribution in [0.1, 0.15) is 16.1 Å². The molecule has 0 N–H and O–H groups in total. The lowest BCUT2D eigenvalue weighted by Gasteiger charge is -2.18. The minimum atomic E-state index is -0.161. The molecule has 0 saturated heterocycles. The van der Waals surface area contributed by atoms with Crippen LogP contribution in [0.15, 0.2) is 60.6 Å². The summed E-state index contributed by atoms with van der Waals surface area (Å²) in [7, 11) is 1.84. The molecule has 0 aliphatic carbocycles. The number of anilines is 1. The molecule has 0 spiro atoms. The van der Waals surface area contributed by atoms with Crippen molar-refractivity contribution < 1.29 is 4.79 Å². The van der Waals surface area contributed by atoms with E-state index in [9.17, 15) is 4.79 Å². The van der Waals surface area contributed by atoms with Gasteiger partial charge in [-0.1, -0.05) is 36.4 Å². The van der Waals surface area contributed by atoms with Crippen LogP contribution in [0.2, 0.25) is 0 Å². The van der Waals surface area contributed by atoms with Crippen LogP contribution in [-0.2, 0) is 7.05 Å². The molecule has 0 unspecified atom stereocenters. The van der Waals surface area contributed by atoms with E-state index in [0.29, 0.717) is 17.2 Å². The second-order valence-electron chi connectivity index (χ2n) is 6.39. The van der Waals surface area contributed by atoms with Gasteiger partial charge in [0, 0.05) is 36.1 Å². The predicted molar refractivity (Wildman–Crippen MR) is 113 cm³/mol. The summed E-state index contributed by atoms with van der Waals surface area (Å²) in [6.07, 6.45) is 3.29. The number of aromatic nitrogens is 4. The second kappa shape index (κ2) is 7.36. The highest BCUT2D eigenvalue weighted by molar-refractivity contribution is 7.14. The summed E-state index contributed by atoms with van der Waals surface area (Å²) in [6.45, 7) is 6.06. The molecule has 0 atom stereocenters. The number of carbonyl (C=O) groups is 1. The first-order valence-electron chi connectivity index (χ1n) is 8.81. The first-order chi connectivity index (χ1) is 13.6. The van der Waals surface area contributed by atoms with Gasteiger partial charge < -0.3 is 0 Å². The fraction of sp³-hybridized carbons (Fsp3) is 0.143. The minimum Gasteiger partial charge on any atom is -0.280 e. The van der Waals surface area contributed by atoms with Gasteiger partial charge in [-0.2, -0.15) is 5.10 Å². The quantitative estimate of drug-likeness (QED) is 0.479. The molecule has 4 aromatic rings. The van der Waals surface area contributed by atoms with E-state index >= 15 is 0 Å². The summed E-state index contributed by atoms with van der Waals surface area (Å²) in [5.41, 5.74) is 3.96. The van der Waals surface area contributed by atoms with E-state index in [0.717, 1.165) is 28.0 Å². The lowest BCUT2D eigenvalue weighted by atomic mass is 10.2. The summed E-state index contributed by atoms with van der Waals surface area (Å²) in [4.78, 5) is 23.9.